The Morgan fingerprint density at radius 1 is 0.921 bits per heavy atom. The van der Waals surface area contributed by atoms with Crippen molar-refractivity contribution < 1.29 is 19.2 Å². The highest BCUT2D eigenvalue weighted by molar-refractivity contribution is 9.12. The number of amides is 4. The maximum absolute atomic E-state index is 12.9. The van der Waals surface area contributed by atoms with Crippen molar-refractivity contribution in [2.24, 2.45) is 5.73 Å². The van der Waals surface area contributed by atoms with Crippen LogP contribution < -0.4 is 27.0 Å². The van der Waals surface area contributed by atoms with Gasteiger partial charge in [-0.1, -0.05) is 6.58 Å². The van der Waals surface area contributed by atoms with Gasteiger partial charge in [0.1, 0.15) is 17.1 Å². The Hall–Kier alpha value is -4.73. The van der Waals surface area contributed by atoms with Crippen molar-refractivity contribution in [3.63, 3.8) is 0 Å². The van der Waals surface area contributed by atoms with Crippen molar-refractivity contribution in [1.82, 2.24) is 30.7 Å². The molecule has 4 amide bonds. The predicted molar refractivity (Wildman–Crippen MR) is 144 cm³/mol. The molecule has 0 aliphatic rings. The number of aromatic amines is 3. The maximum Gasteiger partial charge on any atom is 0.275 e. The van der Waals surface area contributed by atoms with E-state index in [-0.39, 0.29) is 52.0 Å². The fraction of sp³-hybridized carbons (Fsp3) is 0.227. The van der Waals surface area contributed by atoms with Gasteiger partial charge < -0.3 is 32.0 Å². The molecule has 16 heteroatoms. The number of nitrogens with zero attached hydrogens (tertiary/aromatic N) is 2. The number of hydrogen-bond acceptors (Lipinski definition) is 7. The second-order valence-electron chi connectivity index (χ2n) is 8.15. The van der Waals surface area contributed by atoms with Gasteiger partial charge in [0, 0.05) is 35.9 Å². The van der Waals surface area contributed by atoms with Crippen LogP contribution in [0.1, 0.15) is 54.6 Å². The van der Waals surface area contributed by atoms with E-state index in [1.807, 2.05) is 0 Å². The molecule has 3 aromatic heterocycles. The van der Waals surface area contributed by atoms with Crippen LogP contribution in [-0.2, 0) is 4.79 Å². The van der Waals surface area contributed by atoms with Gasteiger partial charge in [0.15, 0.2) is 11.6 Å². The quantitative estimate of drug-likeness (QED) is 0.0965. The fourth-order valence-corrected chi connectivity index (χ4v) is 3.37. The van der Waals surface area contributed by atoms with Crippen LogP contribution in [0.15, 0.2) is 17.3 Å². The van der Waals surface area contributed by atoms with Gasteiger partial charge in [-0.3, -0.25) is 34.8 Å². The van der Waals surface area contributed by atoms with Crippen molar-refractivity contribution in [3.8, 4) is 0 Å². The third kappa shape index (κ3) is 6.15. The van der Waals surface area contributed by atoms with Crippen LogP contribution in [-0.4, -0.2) is 61.4 Å². The molecule has 0 aliphatic heterocycles. The lowest BCUT2D eigenvalue weighted by Crippen LogP contribution is -2.28. The number of nitrogens with two attached hydrogens (primary N) is 1. The first-order chi connectivity index (χ1) is 17.9. The van der Waals surface area contributed by atoms with Crippen LogP contribution in [0, 0.1) is 26.2 Å². The molecule has 0 fully saturated rings. The number of nitrogens with one attached hydrogen (secondary N) is 8. The first-order valence-electron chi connectivity index (χ1n) is 11.1. The minimum atomic E-state index is -0.593. The van der Waals surface area contributed by atoms with Crippen molar-refractivity contribution in [3.05, 3.63) is 51.0 Å². The minimum Gasteiger partial charge on any atom is -0.388 e. The number of carbonyl (C=O) groups is 4. The van der Waals surface area contributed by atoms with Crippen molar-refractivity contribution in [2.45, 2.75) is 27.2 Å². The average molecular weight is 588 g/mol. The van der Waals surface area contributed by atoms with E-state index in [1.165, 1.54) is 6.20 Å². The number of amidine groups is 1. The van der Waals surface area contributed by atoms with Gasteiger partial charge in [-0.2, -0.15) is 10.2 Å². The van der Waals surface area contributed by atoms with Gasteiger partial charge in [-0.05, 0) is 36.7 Å². The Morgan fingerprint density at radius 2 is 1.45 bits per heavy atom. The van der Waals surface area contributed by atoms with Gasteiger partial charge in [0.25, 0.3) is 23.6 Å². The zero-order chi connectivity index (χ0) is 28.1. The smallest absolute Gasteiger partial charge is 0.275 e. The van der Waals surface area contributed by atoms with Crippen molar-refractivity contribution in [2.75, 3.05) is 22.5 Å². The molecule has 3 heterocycles. The van der Waals surface area contributed by atoms with Gasteiger partial charge >= 0.3 is 0 Å². The molecule has 0 saturated heterocycles. The van der Waals surface area contributed by atoms with Crippen LogP contribution in [0.2, 0.25) is 0 Å². The number of H-pyrrole nitrogens is 3. The first kappa shape index (κ1) is 27.9. The van der Waals surface area contributed by atoms with Gasteiger partial charge in [-0.25, -0.2) is 0 Å². The third-order valence-corrected chi connectivity index (χ3v) is 5.84. The Morgan fingerprint density at radius 3 is 1.97 bits per heavy atom. The van der Waals surface area contributed by atoms with E-state index in [9.17, 15) is 19.2 Å². The molecule has 3 rings (SSSR count). The predicted octanol–water partition coefficient (Wildman–Crippen LogP) is 1.79. The summed E-state index contributed by atoms with van der Waals surface area (Å²) in [7, 11) is 0. The van der Waals surface area contributed by atoms with Crippen LogP contribution in [0.5, 0.6) is 0 Å². The van der Waals surface area contributed by atoms with E-state index in [1.54, 1.807) is 20.8 Å². The largest absolute Gasteiger partial charge is 0.388 e. The number of hydrogen-bond donors (Lipinski definition) is 9. The Labute approximate surface area is 224 Å². The summed E-state index contributed by atoms with van der Waals surface area (Å²) in [5.41, 5.74) is 7.34. The molecule has 0 aliphatic carbocycles. The van der Waals surface area contributed by atoms with Gasteiger partial charge in [0.2, 0.25) is 0 Å². The summed E-state index contributed by atoms with van der Waals surface area (Å²) in [6, 6.07) is 0. The molecule has 38 heavy (non-hydrogen) atoms. The number of halogens is 1. The molecule has 3 aromatic rings. The summed E-state index contributed by atoms with van der Waals surface area (Å²) in [6.07, 6.45) is 1.67. The molecular weight excluding hydrogens is 562 g/mol. The summed E-state index contributed by atoms with van der Waals surface area (Å²) >= 11 is 3.00. The second-order valence-corrected chi connectivity index (χ2v) is 9.10. The van der Waals surface area contributed by atoms with Gasteiger partial charge in [-0.15, -0.1) is 0 Å². The summed E-state index contributed by atoms with van der Waals surface area (Å²) in [6.45, 7) is 8.53. The van der Waals surface area contributed by atoms with E-state index < -0.39 is 23.6 Å². The number of anilines is 3. The lowest BCUT2D eigenvalue weighted by atomic mass is 10.2. The Bertz CT molecular complexity index is 1450. The standard InChI is InChI=1S/C22H26BrN11O4/c1-8-12(28-19(35)11(4)23)7-27-14(8)21(37)29-18-10(3)16(32-34-18)22(38)30-17-9(2)15(31-33-17)20(36)26-6-5-13(24)25/h7,27H,4-6H2,1-3H3,(H3,24,25)(H,26,36)(H,28,35)(H2,29,32,34,37)(H2,30,31,33,38). The molecule has 10 N–H and O–H groups in total. The lowest BCUT2D eigenvalue weighted by Gasteiger charge is -2.06. The highest BCUT2D eigenvalue weighted by Gasteiger charge is 2.23. The van der Waals surface area contributed by atoms with Crippen molar-refractivity contribution in [1.29, 1.82) is 5.41 Å². The number of rotatable bonds is 10. The summed E-state index contributed by atoms with van der Waals surface area (Å²) in [5.74, 6) is -1.84. The Kier molecular flexibility index (Phi) is 8.46. The van der Waals surface area contributed by atoms with Crippen LogP contribution in [0.3, 0.4) is 0 Å². The molecule has 200 valence electrons. The van der Waals surface area contributed by atoms with Crippen LogP contribution >= 0.6 is 15.9 Å². The van der Waals surface area contributed by atoms with Crippen molar-refractivity contribution >= 4 is 62.7 Å². The SMILES string of the molecule is C=C(Br)C(=O)Nc1c[nH]c(C(=O)Nc2n[nH]c(C(=O)Nc3n[nH]c(C(=O)NCCC(=N)N)c3C)c2C)c1C. The maximum atomic E-state index is 12.9. The molecule has 0 saturated carbocycles. The van der Waals surface area contributed by atoms with E-state index in [2.05, 4.69) is 69.2 Å². The minimum absolute atomic E-state index is 0.0525. The Balaban J connectivity index is 1.67. The molecule has 0 spiro atoms. The fourth-order valence-electron chi connectivity index (χ4n) is 3.27. The number of aromatic nitrogens is 5. The van der Waals surface area contributed by atoms with E-state index in [4.69, 9.17) is 11.1 Å². The summed E-state index contributed by atoms with van der Waals surface area (Å²) in [4.78, 5) is 52.6. The van der Waals surface area contributed by atoms with E-state index in [0.29, 0.717) is 22.4 Å². The van der Waals surface area contributed by atoms with E-state index >= 15 is 0 Å². The summed E-state index contributed by atoms with van der Waals surface area (Å²) in [5, 5.41) is 30.8. The molecule has 0 atom stereocenters. The highest BCUT2D eigenvalue weighted by atomic mass is 79.9. The lowest BCUT2D eigenvalue weighted by molar-refractivity contribution is -0.112. The normalized spacial score (nSPS) is 10.5. The molecule has 0 unspecified atom stereocenters. The average Bonchev–Trinajstić information content (AvgIpc) is 3.51. The zero-order valence-corrected chi connectivity index (χ0v) is 22.3. The highest BCUT2D eigenvalue weighted by Crippen LogP contribution is 2.23. The molecule has 0 bridgehead atoms. The van der Waals surface area contributed by atoms with Gasteiger partial charge in [0.05, 0.1) is 16.0 Å². The topological polar surface area (TPSA) is 239 Å². The zero-order valence-electron chi connectivity index (χ0n) is 20.7. The van der Waals surface area contributed by atoms with Crippen LogP contribution in [0.25, 0.3) is 0 Å². The van der Waals surface area contributed by atoms with E-state index in [0.717, 1.165) is 0 Å². The third-order valence-electron chi connectivity index (χ3n) is 5.48. The molecule has 0 aromatic carbocycles. The molecular formula is C22H26BrN11O4. The van der Waals surface area contributed by atoms with Crippen LogP contribution in [0.4, 0.5) is 17.3 Å². The summed E-state index contributed by atoms with van der Waals surface area (Å²) < 4.78 is 0.135. The molecule has 15 nitrogen and oxygen atoms in total. The monoisotopic (exact) mass is 587 g/mol. The second kappa shape index (κ2) is 11.5. The first-order valence-corrected chi connectivity index (χ1v) is 11.9. The number of carbonyl (C=O) groups excluding carboxylic acids is 4. The molecule has 0 radical (unpaired) electrons.